The summed E-state index contributed by atoms with van der Waals surface area (Å²) in [6, 6.07) is 6.64. The molecule has 6 nitrogen and oxygen atoms in total. The van der Waals surface area contributed by atoms with Crippen molar-refractivity contribution in [1.29, 1.82) is 0 Å². The highest BCUT2D eigenvalue weighted by molar-refractivity contribution is 7.50. The fraction of sp³-hybridized carbons (Fsp3) is 0.214. The predicted molar refractivity (Wildman–Crippen MR) is 79.3 cm³/mol. The Balaban J connectivity index is 2.18. The van der Waals surface area contributed by atoms with Gasteiger partial charge in [-0.1, -0.05) is 18.2 Å². The molecule has 0 unspecified atom stereocenters. The molecule has 1 aliphatic carbocycles. The average molecular weight is 309 g/mol. The second-order valence-electron chi connectivity index (χ2n) is 4.70. The Hall–Kier alpha value is -1.88. The molecule has 0 fully saturated rings. The molecule has 0 aliphatic heterocycles. The summed E-state index contributed by atoms with van der Waals surface area (Å²) in [6.07, 6.45) is 4.35. The van der Waals surface area contributed by atoms with E-state index >= 15 is 0 Å². The van der Waals surface area contributed by atoms with Crippen molar-refractivity contribution < 1.29 is 24.6 Å². The molecular formula is C14H16NO5P. The summed E-state index contributed by atoms with van der Waals surface area (Å²) >= 11 is 0. The number of rotatable bonds is 4. The van der Waals surface area contributed by atoms with Gasteiger partial charge in [0, 0.05) is 12.0 Å². The number of allylic oxidation sites excluding steroid dienone is 3. The molecule has 0 radical (unpaired) electrons. The van der Waals surface area contributed by atoms with Crippen LogP contribution in [0.2, 0.25) is 0 Å². The Morgan fingerprint density at radius 1 is 1.10 bits per heavy atom. The molecule has 0 bridgehead atoms. The van der Waals surface area contributed by atoms with Crippen LogP contribution in [0.1, 0.15) is 18.4 Å². The van der Waals surface area contributed by atoms with Gasteiger partial charge in [-0.3, -0.25) is 0 Å². The zero-order valence-electron chi connectivity index (χ0n) is 11.2. The van der Waals surface area contributed by atoms with Gasteiger partial charge in [0.1, 0.15) is 11.5 Å². The third-order valence-electron chi connectivity index (χ3n) is 3.10. The molecule has 2 rings (SSSR count). The SMILES string of the molecule is O=P(O)(O)N=C1CC=CC(O)=C1CCc1ccc(O)cc1. The molecule has 0 heterocycles. The molecule has 0 amide bonds. The molecule has 1 aliphatic rings. The van der Waals surface area contributed by atoms with Crippen molar-refractivity contribution in [2.24, 2.45) is 4.76 Å². The van der Waals surface area contributed by atoms with E-state index in [0.29, 0.717) is 18.4 Å². The molecule has 4 N–H and O–H groups in total. The van der Waals surface area contributed by atoms with Crippen molar-refractivity contribution in [1.82, 2.24) is 0 Å². The van der Waals surface area contributed by atoms with E-state index < -0.39 is 7.75 Å². The Morgan fingerprint density at radius 2 is 1.76 bits per heavy atom. The predicted octanol–water partition coefficient (Wildman–Crippen LogP) is 2.63. The molecular weight excluding hydrogens is 293 g/mol. The Bertz CT molecular complexity index is 654. The van der Waals surface area contributed by atoms with Crippen LogP contribution in [0, 0.1) is 0 Å². The van der Waals surface area contributed by atoms with Crippen molar-refractivity contribution in [2.75, 3.05) is 0 Å². The smallest absolute Gasteiger partial charge is 0.448 e. The summed E-state index contributed by atoms with van der Waals surface area (Å²) in [5.74, 6) is 0.150. The van der Waals surface area contributed by atoms with Crippen molar-refractivity contribution in [3.63, 3.8) is 0 Å². The summed E-state index contributed by atoms with van der Waals surface area (Å²) < 4.78 is 14.4. The Labute approximate surface area is 122 Å². The first-order valence-corrected chi connectivity index (χ1v) is 7.93. The molecule has 112 valence electrons. The van der Waals surface area contributed by atoms with E-state index in [4.69, 9.17) is 9.79 Å². The van der Waals surface area contributed by atoms with Gasteiger partial charge in [0.15, 0.2) is 0 Å². The highest BCUT2D eigenvalue weighted by atomic mass is 31.2. The van der Waals surface area contributed by atoms with Crippen LogP contribution in [0.4, 0.5) is 0 Å². The number of aromatic hydroxyl groups is 1. The van der Waals surface area contributed by atoms with Crippen molar-refractivity contribution >= 4 is 13.5 Å². The van der Waals surface area contributed by atoms with Gasteiger partial charge >= 0.3 is 7.75 Å². The third-order valence-corrected chi connectivity index (χ3v) is 3.60. The lowest BCUT2D eigenvalue weighted by atomic mass is 9.95. The number of nitrogens with zero attached hydrogens (tertiary/aromatic N) is 1. The van der Waals surface area contributed by atoms with Crippen molar-refractivity contribution in [3.05, 3.63) is 53.3 Å². The van der Waals surface area contributed by atoms with E-state index in [1.54, 1.807) is 30.3 Å². The van der Waals surface area contributed by atoms with Crippen LogP contribution in [0.15, 0.2) is 52.5 Å². The summed E-state index contributed by atoms with van der Waals surface area (Å²) in [5.41, 5.74) is 1.59. The number of benzene rings is 1. The summed E-state index contributed by atoms with van der Waals surface area (Å²) in [6.45, 7) is 0. The maximum Gasteiger partial charge on any atom is 0.448 e. The summed E-state index contributed by atoms with van der Waals surface area (Å²) in [5, 5.41) is 19.1. The zero-order valence-corrected chi connectivity index (χ0v) is 12.1. The van der Waals surface area contributed by atoms with E-state index in [0.717, 1.165) is 5.56 Å². The average Bonchev–Trinajstić information content (AvgIpc) is 2.38. The molecule has 0 spiro atoms. The van der Waals surface area contributed by atoms with Crippen LogP contribution in [0.3, 0.4) is 0 Å². The number of aryl methyl sites for hydroxylation is 1. The fourth-order valence-corrected chi connectivity index (χ4v) is 2.63. The van der Waals surface area contributed by atoms with Crippen LogP contribution in [0.5, 0.6) is 5.75 Å². The standard InChI is InChI=1S/C14H16NO5P/c16-11-7-4-10(5-8-11)6-9-12-13(15-21(18,19)20)2-1-3-14(12)17/h1,3-5,7-8,16-17H,2,6,9H2,(H2,18,19,20). The first kappa shape index (κ1) is 15.5. The number of aliphatic hydroxyl groups excluding tert-OH is 1. The van der Waals surface area contributed by atoms with E-state index in [1.807, 2.05) is 0 Å². The second-order valence-corrected chi connectivity index (χ2v) is 5.92. The van der Waals surface area contributed by atoms with Gasteiger partial charge in [-0.05, 0) is 36.6 Å². The van der Waals surface area contributed by atoms with Gasteiger partial charge in [0.05, 0.1) is 5.71 Å². The third kappa shape index (κ3) is 4.56. The van der Waals surface area contributed by atoms with Gasteiger partial charge in [-0.25, -0.2) is 4.57 Å². The van der Waals surface area contributed by atoms with Crippen LogP contribution < -0.4 is 0 Å². The zero-order chi connectivity index (χ0) is 15.5. The molecule has 0 saturated carbocycles. The number of hydrogen-bond donors (Lipinski definition) is 4. The number of hydrogen-bond acceptors (Lipinski definition) is 3. The lowest BCUT2D eigenvalue weighted by Crippen LogP contribution is -2.10. The van der Waals surface area contributed by atoms with Crippen LogP contribution in [-0.4, -0.2) is 25.7 Å². The van der Waals surface area contributed by atoms with E-state index in [9.17, 15) is 14.8 Å². The molecule has 1 aromatic carbocycles. The molecule has 0 saturated heterocycles. The highest BCUT2D eigenvalue weighted by Gasteiger charge is 2.19. The van der Waals surface area contributed by atoms with Crippen molar-refractivity contribution in [2.45, 2.75) is 19.3 Å². The molecule has 0 atom stereocenters. The minimum absolute atomic E-state index is 0.0211. The van der Waals surface area contributed by atoms with Crippen molar-refractivity contribution in [3.8, 4) is 5.75 Å². The first-order chi connectivity index (χ1) is 9.85. The van der Waals surface area contributed by atoms with Gasteiger partial charge in [-0.15, -0.1) is 0 Å². The molecule has 0 aromatic heterocycles. The summed E-state index contributed by atoms with van der Waals surface area (Å²) in [7, 11) is -4.52. The summed E-state index contributed by atoms with van der Waals surface area (Å²) in [4.78, 5) is 17.9. The van der Waals surface area contributed by atoms with Crippen LogP contribution in [0.25, 0.3) is 0 Å². The van der Waals surface area contributed by atoms with Gasteiger partial charge in [0.25, 0.3) is 0 Å². The molecule has 21 heavy (non-hydrogen) atoms. The number of phenols is 1. The van der Waals surface area contributed by atoms with Gasteiger partial charge in [-0.2, -0.15) is 4.76 Å². The van der Waals surface area contributed by atoms with E-state index in [1.165, 1.54) is 6.08 Å². The van der Waals surface area contributed by atoms with E-state index in [-0.39, 0.29) is 23.6 Å². The second kappa shape index (κ2) is 6.26. The minimum Gasteiger partial charge on any atom is -0.508 e. The maximum atomic E-state index is 11.0. The van der Waals surface area contributed by atoms with Gasteiger partial charge < -0.3 is 20.0 Å². The normalized spacial score (nSPS) is 17.5. The van der Waals surface area contributed by atoms with Gasteiger partial charge in [0.2, 0.25) is 0 Å². The largest absolute Gasteiger partial charge is 0.508 e. The molecule has 1 aromatic rings. The lowest BCUT2D eigenvalue weighted by molar-refractivity contribution is 0.375. The van der Waals surface area contributed by atoms with Crippen LogP contribution in [-0.2, 0) is 11.0 Å². The molecule has 7 heteroatoms. The monoisotopic (exact) mass is 309 g/mol. The first-order valence-electron chi connectivity index (χ1n) is 6.37. The fourth-order valence-electron chi connectivity index (χ4n) is 2.12. The highest BCUT2D eigenvalue weighted by Crippen LogP contribution is 2.38. The number of phenolic OH excluding ortho intramolecular Hbond substituents is 1. The number of aliphatic hydroxyl groups is 1. The lowest BCUT2D eigenvalue weighted by Gasteiger charge is -2.15. The van der Waals surface area contributed by atoms with E-state index in [2.05, 4.69) is 4.76 Å². The Morgan fingerprint density at radius 3 is 2.38 bits per heavy atom. The van der Waals surface area contributed by atoms with Crippen LogP contribution >= 0.6 is 7.75 Å². The topological polar surface area (TPSA) is 110 Å². The minimum atomic E-state index is -4.52. The quantitative estimate of drug-likeness (QED) is 0.639. The Kier molecular flexibility index (Phi) is 4.63. The maximum absolute atomic E-state index is 11.0.